The zero-order valence-corrected chi connectivity index (χ0v) is 16.6. The number of aliphatic carboxylic acids is 1. The van der Waals surface area contributed by atoms with Crippen LogP contribution in [0.2, 0.25) is 0 Å². The van der Waals surface area contributed by atoms with Gasteiger partial charge in [0.1, 0.15) is 5.69 Å². The van der Waals surface area contributed by atoms with E-state index in [9.17, 15) is 13.2 Å². The summed E-state index contributed by atoms with van der Waals surface area (Å²) in [5.74, 6) is 0.320. The molecular formula is C21H22N2O5S. The van der Waals surface area contributed by atoms with Crippen LogP contribution in [0.3, 0.4) is 0 Å². The second kappa shape index (κ2) is 9.02. The molecule has 3 rings (SSSR count). The first-order chi connectivity index (χ1) is 13.8. The Balaban J connectivity index is 1.86. The molecule has 0 fully saturated rings. The van der Waals surface area contributed by atoms with E-state index in [1.807, 2.05) is 30.3 Å². The maximum absolute atomic E-state index is 11.5. The molecule has 7 nitrogen and oxygen atoms in total. The third-order valence-electron chi connectivity index (χ3n) is 4.45. The van der Waals surface area contributed by atoms with Crippen molar-refractivity contribution in [3.63, 3.8) is 0 Å². The molecule has 0 saturated heterocycles. The molecular weight excluding hydrogens is 392 g/mol. The van der Waals surface area contributed by atoms with Gasteiger partial charge in [0.25, 0.3) is 0 Å². The van der Waals surface area contributed by atoms with E-state index in [0.717, 1.165) is 18.4 Å². The van der Waals surface area contributed by atoms with E-state index in [1.54, 1.807) is 12.1 Å². The van der Waals surface area contributed by atoms with Crippen LogP contribution in [0.25, 0.3) is 22.6 Å². The van der Waals surface area contributed by atoms with E-state index >= 15 is 0 Å². The largest absolute Gasteiger partial charge is 0.481 e. The average Bonchev–Trinajstić information content (AvgIpc) is 3.12. The minimum absolute atomic E-state index is 0.0284. The number of nitrogens with zero attached hydrogens (tertiary/aromatic N) is 1. The number of carbonyl (C=O) groups is 1. The standard InChI is InChI=1S/C21H22N2O5S/c22-29(26,27)17-13-11-16(12-14-17)21-20(15-7-3-1-4-8-15)23-18(28-21)9-5-2-6-10-19(24)25/h1,3-4,7-8,11-14H,2,5-6,9-10H2,(H,24,25)(H2,22,26,27). The highest BCUT2D eigenvalue weighted by molar-refractivity contribution is 7.89. The summed E-state index contributed by atoms with van der Waals surface area (Å²) in [5.41, 5.74) is 2.26. The highest BCUT2D eigenvalue weighted by Gasteiger charge is 2.17. The van der Waals surface area contributed by atoms with Gasteiger partial charge in [-0.3, -0.25) is 4.79 Å². The van der Waals surface area contributed by atoms with Gasteiger partial charge in [0, 0.05) is 24.0 Å². The first kappa shape index (κ1) is 20.8. The SMILES string of the molecule is NS(=O)(=O)c1ccc(-c2oc(CCCCCC(=O)O)nc2-c2ccccc2)cc1. The molecule has 3 N–H and O–H groups in total. The van der Waals surface area contributed by atoms with Crippen molar-refractivity contribution in [3.8, 4) is 22.6 Å². The number of hydrogen-bond acceptors (Lipinski definition) is 5. The summed E-state index contributed by atoms with van der Waals surface area (Å²) < 4.78 is 29.0. The molecule has 0 aliphatic heterocycles. The van der Waals surface area contributed by atoms with Gasteiger partial charge >= 0.3 is 5.97 Å². The summed E-state index contributed by atoms with van der Waals surface area (Å²) in [4.78, 5) is 15.3. The number of carboxylic acids is 1. The molecule has 0 radical (unpaired) electrons. The highest BCUT2D eigenvalue weighted by atomic mass is 32.2. The van der Waals surface area contributed by atoms with Gasteiger partial charge in [-0.25, -0.2) is 18.5 Å². The van der Waals surface area contributed by atoms with Crippen LogP contribution in [0.1, 0.15) is 31.6 Å². The molecule has 1 heterocycles. The number of oxazole rings is 1. The summed E-state index contributed by atoms with van der Waals surface area (Å²) >= 11 is 0. The lowest BCUT2D eigenvalue weighted by Crippen LogP contribution is -2.11. The van der Waals surface area contributed by atoms with Crippen molar-refractivity contribution in [3.05, 3.63) is 60.5 Å². The minimum Gasteiger partial charge on any atom is -0.481 e. The quantitative estimate of drug-likeness (QED) is 0.513. The Hall–Kier alpha value is -2.97. The average molecular weight is 414 g/mol. The number of hydrogen-bond donors (Lipinski definition) is 2. The first-order valence-corrected chi connectivity index (χ1v) is 10.8. The maximum Gasteiger partial charge on any atom is 0.303 e. The summed E-state index contributed by atoms with van der Waals surface area (Å²) in [6.45, 7) is 0. The Kier molecular flexibility index (Phi) is 6.46. The van der Waals surface area contributed by atoms with Crippen molar-refractivity contribution >= 4 is 16.0 Å². The Labute approximate surface area is 169 Å². The molecule has 8 heteroatoms. The Morgan fingerprint density at radius 1 is 0.966 bits per heavy atom. The predicted octanol–water partition coefficient (Wildman–Crippen LogP) is 3.84. The zero-order valence-electron chi connectivity index (χ0n) is 15.7. The molecule has 0 aliphatic carbocycles. The van der Waals surface area contributed by atoms with Crippen molar-refractivity contribution in [2.75, 3.05) is 0 Å². The van der Waals surface area contributed by atoms with Crippen LogP contribution in [0.4, 0.5) is 0 Å². The molecule has 0 atom stereocenters. The second-order valence-electron chi connectivity index (χ2n) is 6.68. The lowest BCUT2D eigenvalue weighted by atomic mass is 10.1. The number of sulfonamides is 1. The number of aromatic nitrogens is 1. The maximum atomic E-state index is 11.5. The molecule has 0 unspecified atom stereocenters. The molecule has 1 aromatic heterocycles. The van der Waals surface area contributed by atoms with Crippen LogP contribution in [-0.4, -0.2) is 24.5 Å². The fraction of sp³-hybridized carbons (Fsp3) is 0.238. The van der Waals surface area contributed by atoms with Crippen LogP contribution >= 0.6 is 0 Å². The molecule has 29 heavy (non-hydrogen) atoms. The van der Waals surface area contributed by atoms with Crippen LogP contribution in [-0.2, 0) is 21.2 Å². The van der Waals surface area contributed by atoms with Crippen molar-refractivity contribution < 1.29 is 22.7 Å². The van der Waals surface area contributed by atoms with Crippen LogP contribution in [0.15, 0.2) is 63.9 Å². The number of carboxylic acid groups (broad SMARTS) is 1. The summed E-state index contributed by atoms with van der Waals surface area (Å²) in [6, 6.07) is 15.7. The monoisotopic (exact) mass is 414 g/mol. The smallest absolute Gasteiger partial charge is 0.303 e. The van der Waals surface area contributed by atoms with E-state index in [0.29, 0.717) is 35.7 Å². The number of nitrogens with two attached hydrogens (primary N) is 1. The van der Waals surface area contributed by atoms with Crippen LogP contribution in [0.5, 0.6) is 0 Å². The van der Waals surface area contributed by atoms with Crippen molar-refractivity contribution in [1.82, 2.24) is 4.98 Å². The van der Waals surface area contributed by atoms with E-state index in [1.165, 1.54) is 12.1 Å². The molecule has 0 bridgehead atoms. The van der Waals surface area contributed by atoms with E-state index in [-0.39, 0.29) is 11.3 Å². The normalized spacial score (nSPS) is 11.5. The molecule has 2 aromatic carbocycles. The van der Waals surface area contributed by atoms with Gasteiger partial charge in [-0.05, 0) is 37.1 Å². The Bertz CT molecular complexity index is 1070. The Morgan fingerprint density at radius 2 is 1.66 bits per heavy atom. The number of unbranched alkanes of at least 4 members (excludes halogenated alkanes) is 2. The van der Waals surface area contributed by atoms with Crippen molar-refractivity contribution in [2.24, 2.45) is 5.14 Å². The van der Waals surface area contributed by atoms with Gasteiger partial charge in [0.15, 0.2) is 11.7 Å². The van der Waals surface area contributed by atoms with E-state index in [4.69, 9.17) is 14.7 Å². The fourth-order valence-corrected chi connectivity index (χ4v) is 3.50. The number of primary sulfonamides is 1. The Morgan fingerprint density at radius 3 is 2.28 bits per heavy atom. The molecule has 0 spiro atoms. The predicted molar refractivity (Wildman–Crippen MR) is 109 cm³/mol. The van der Waals surface area contributed by atoms with Gasteiger partial charge in [-0.2, -0.15) is 0 Å². The summed E-state index contributed by atoms with van der Waals surface area (Å²) in [6.07, 6.45) is 2.90. The van der Waals surface area contributed by atoms with Gasteiger partial charge in [0.05, 0.1) is 4.90 Å². The minimum atomic E-state index is -3.77. The highest BCUT2D eigenvalue weighted by Crippen LogP contribution is 2.33. The number of benzene rings is 2. The van der Waals surface area contributed by atoms with Gasteiger partial charge in [0.2, 0.25) is 10.0 Å². The first-order valence-electron chi connectivity index (χ1n) is 9.25. The van der Waals surface area contributed by atoms with Crippen molar-refractivity contribution in [1.29, 1.82) is 0 Å². The van der Waals surface area contributed by atoms with Gasteiger partial charge in [-0.1, -0.05) is 36.8 Å². The van der Waals surface area contributed by atoms with Gasteiger partial charge in [-0.15, -0.1) is 0 Å². The van der Waals surface area contributed by atoms with Crippen LogP contribution < -0.4 is 5.14 Å². The fourth-order valence-electron chi connectivity index (χ4n) is 2.98. The lowest BCUT2D eigenvalue weighted by molar-refractivity contribution is -0.137. The molecule has 0 aliphatic rings. The van der Waals surface area contributed by atoms with Crippen LogP contribution in [0, 0.1) is 0 Å². The third-order valence-corrected chi connectivity index (χ3v) is 5.37. The van der Waals surface area contributed by atoms with Gasteiger partial charge < -0.3 is 9.52 Å². The second-order valence-corrected chi connectivity index (χ2v) is 8.24. The zero-order chi connectivity index (χ0) is 20.9. The molecule has 3 aromatic rings. The number of rotatable bonds is 9. The molecule has 152 valence electrons. The summed E-state index contributed by atoms with van der Waals surface area (Å²) in [5, 5.41) is 13.9. The summed E-state index contributed by atoms with van der Waals surface area (Å²) in [7, 11) is -3.77. The third kappa shape index (κ3) is 5.52. The van der Waals surface area contributed by atoms with E-state index in [2.05, 4.69) is 4.98 Å². The molecule has 0 amide bonds. The number of aryl methyl sites for hydroxylation is 1. The lowest BCUT2D eigenvalue weighted by Gasteiger charge is -2.03. The van der Waals surface area contributed by atoms with E-state index < -0.39 is 16.0 Å². The molecule has 0 saturated carbocycles. The van der Waals surface area contributed by atoms with Crippen molar-refractivity contribution in [2.45, 2.75) is 37.0 Å². The topological polar surface area (TPSA) is 123 Å².